The van der Waals surface area contributed by atoms with E-state index in [1.165, 1.54) is 11.8 Å². The minimum Gasteiger partial charge on any atom is -0.459 e. The summed E-state index contributed by atoms with van der Waals surface area (Å²) in [6.07, 6.45) is 2.93. The minimum absolute atomic E-state index is 0.0516. The Morgan fingerprint density at radius 3 is 2.62 bits per heavy atom. The molecule has 1 fully saturated rings. The molecule has 8 heteroatoms. The molecule has 2 aromatic heterocycles. The lowest BCUT2D eigenvalue weighted by Gasteiger charge is -2.30. The first-order chi connectivity index (χ1) is 14.1. The van der Waals surface area contributed by atoms with Gasteiger partial charge in [-0.25, -0.2) is 0 Å². The number of benzene rings is 1. The normalized spacial score (nSPS) is 14.7. The molecule has 1 saturated heterocycles. The molecule has 0 radical (unpaired) electrons. The van der Waals surface area contributed by atoms with Crippen molar-refractivity contribution in [2.75, 3.05) is 19.6 Å². The van der Waals surface area contributed by atoms with Gasteiger partial charge in [-0.05, 0) is 44.0 Å². The highest BCUT2D eigenvalue weighted by Gasteiger charge is 2.27. The lowest BCUT2D eigenvalue weighted by Crippen LogP contribution is -2.43. The number of carbonyl (C=O) groups is 2. The summed E-state index contributed by atoms with van der Waals surface area (Å²) in [5, 5.41) is 6.73. The topological polar surface area (TPSA) is 101 Å². The number of furan rings is 1. The first-order valence-electron chi connectivity index (χ1n) is 9.60. The van der Waals surface area contributed by atoms with Gasteiger partial charge in [0, 0.05) is 24.6 Å². The summed E-state index contributed by atoms with van der Waals surface area (Å²) >= 11 is 0. The van der Waals surface area contributed by atoms with E-state index in [0.29, 0.717) is 24.8 Å². The summed E-state index contributed by atoms with van der Waals surface area (Å²) in [5.41, 5.74) is 2.07. The second kappa shape index (κ2) is 8.30. The third-order valence-corrected chi connectivity index (χ3v) is 5.10. The van der Waals surface area contributed by atoms with Crippen LogP contribution in [0.15, 0.2) is 51.6 Å². The van der Waals surface area contributed by atoms with Crippen LogP contribution in [-0.4, -0.2) is 46.5 Å². The van der Waals surface area contributed by atoms with Gasteiger partial charge in [0.1, 0.15) is 0 Å². The first kappa shape index (κ1) is 18.9. The molecule has 3 aromatic rings. The summed E-state index contributed by atoms with van der Waals surface area (Å²) in [6, 6.07) is 11.1. The molecule has 29 heavy (non-hydrogen) atoms. The molecule has 3 heterocycles. The number of aromatic nitrogens is 2. The number of hydrogen-bond acceptors (Lipinski definition) is 6. The largest absolute Gasteiger partial charge is 0.459 e. The standard InChI is InChI=1S/C21H22N4O4/c1-14-4-6-16(7-5-14)21-23-19(24-29-21)15-8-10-25(11-9-15)18(26)13-22-20(27)17-3-2-12-28-17/h2-7,12,15H,8-11,13H2,1H3,(H,22,27). The molecule has 0 saturated carbocycles. The van der Waals surface area contributed by atoms with Gasteiger partial charge >= 0.3 is 0 Å². The van der Waals surface area contributed by atoms with Crippen LogP contribution in [0.4, 0.5) is 0 Å². The molecule has 0 atom stereocenters. The van der Waals surface area contributed by atoms with Crippen LogP contribution < -0.4 is 5.32 Å². The summed E-state index contributed by atoms with van der Waals surface area (Å²) in [7, 11) is 0. The van der Waals surface area contributed by atoms with Gasteiger partial charge in [-0.3, -0.25) is 9.59 Å². The summed E-state index contributed by atoms with van der Waals surface area (Å²) in [4.78, 5) is 30.5. The van der Waals surface area contributed by atoms with Gasteiger partial charge < -0.3 is 19.2 Å². The molecule has 0 aliphatic carbocycles. The maximum Gasteiger partial charge on any atom is 0.287 e. The Labute approximate surface area is 167 Å². The van der Waals surface area contributed by atoms with Gasteiger partial charge in [0.15, 0.2) is 11.6 Å². The Kier molecular flexibility index (Phi) is 5.41. The van der Waals surface area contributed by atoms with Gasteiger partial charge in [-0.1, -0.05) is 22.9 Å². The van der Waals surface area contributed by atoms with Gasteiger partial charge in [-0.2, -0.15) is 4.98 Å². The van der Waals surface area contributed by atoms with Crippen LogP contribution in [0.25, 0.3) is 11.5 Å². The Hall–Kier alpha value is -3.42. The van der Waals surface area contributed by atoms with Gasteiger partial charge in [0.25, 0.3) is 11.8 Å². The Balaban J connectivity index is 1.28. The van der Waals surface area contributed by atoms with Crippen LogP contribution in [0.2, 0.25) is 0 Å². The third-order valence-electron chi connectivity index (χ3n) is 5.10. The lowest BCUT2D eigenvalue weighted by molar-refractivity contribution is -0.131. The zero-order valence-corrected chi connectivity index (χ0v) is 16.1. The fourth-order valence-corrected chi connectivity index (χ4v) is 3.36. The third kappa shape index (κ3) is 4.37. The minimum atomic E-state index is -0.395. The second-order valence-electron chi connectivity index (χ2n) is 7.14. The number of rotatable bonds is 5. The Morgan fingerprint density at radius 1 is 1.17 bits per heavy atom. The molecule has 1 aliphatic rings. The van der Waals surface area contributed by atoms with E-state index in [0.717, 1.165) is 18.4 Å². The van der Waals surface area contributed by atoms with Gasteiger partial charge in [0.05, 0.1) is 12.8 Å². The van der Waals surface area contributed by atoms with E-state index in [1.54, 1.807) is 17.0 Å². The van der Waals surface area contributed by atoms with E-state index in [9.17, 15) is 9.59 Å². The van der Waals surface area contributed by atoms with E-state index in [4.69, 9.17) is 8.94 Å². The number of nitrogens with one attached hydrogen (secondary N) is 1. The number of likely N-dealkylation sites (tertiary alicyclic amines) is 1. The molecule has 150 valence electrons. The van der Waals surface area contributed by atoms with Crippen molar-refractivity contribution in [1.29, 1.82) is 0 Å². The molecule has 4 rings (SSSR count). The number of amides is 2. The van der Waals surface area contributed by atoms with Crippen molar-refractivity contribution in [3.05, 3.63) is 59.8 Å². The highest BCUT2D eigenvalue weighted by Crippen LogP contribution is 2.28. The maximum absolute atomic E-state index is 12.4. The van der Waals surface area contributed by atoms with E-state index < -0.39 is 5.91 Å². The molecule has 8 nitrogen and oxygen atoms in total. The van der Waals surface area contributed by atoms with Gasteiger partial charge in [0.2, 0.25) is 5.91 Å². The van der Waals surface area contributed by atoms with Crippen molar-refractivity contribution >= 4 is 11.8 Å². The van der Waals surface area contributed by atoms with E-state index in [-0.39, 0.29) is 24.1 Å². The van der Waals surface area contributed by atoms with Crippen molar-refractivity contribution in [1.82, 2.24) is 20.4 Å². The molecular formula is C21H22N4O4. The summed E-state index contributed by atoms with van der Waals surface area (Å²) in [6.45, 7) is 3.16. The molecular weight excluding hydrogens is 372 g/mol. The van der Waals surface area contributed by atoms with Gasteiger partial charge in [-0.15, -0.1) is 0 Å². The van der Waals surface area contributed by atoms with E-state index in [1.807, 2.05) is 31.2 Å². The second-order valence-corrected chi connectivity index (χ2v) is 7.14. The highest BCUT2D eigenvalue weighted by molar-refractivity contribution is 5.94. The summed E-state index contributed by atoms with van der Waals surface area (Å²) in [5.74, 6) is 1.03. The lowest BCUT2D eigenvalue weighted by atomic mass is 9.96. The van der Waals surface area contributed by atoms with E-state index in [2.05, 4.69) is 15.5 Å². The number of piperidine rings is 1. The fourth-order valence-electron chi connectivity index (χ4n) is 3.36. The average Bonchev–Trinajstić information content (AvgIpc) is 3.45. The van der Waals surface area contributed by atoms with Crippen molar-refractivity contribution in [3.63, 3.8) is 0 Å². The van der Waals surface area contributed by atoms with Crippen LogP contribution in [0, 0.1) is 6.92 Å². The number of aryl methyl sites for hydroxylation is 1. The molecule has 1 aromatic carbocycles. The van der Waals surface area contributed by atoms with Crippen LogP contribution in [0.5, 0.6) is 0 Å². The molecule has 0 spiro atoms. The van der Waals surface area contributed by atoms with Crippen LogP contribution in [-0.2, 0) is 4.79 Å². The number of hydrogen-bond donors (Lipinski definition) is 1. The Morgan fingerprint density at radius 2 is 1.93 bits per heavy atom. The van der Waals surface area contributed by atoms with Crippen molar-refractivity contribution in [2.24, 2.45) is 0 Å². The zero-order valence-electron chi connectivity index (χ0n) is 16.1. The Bertz CT molecular complexity index is 971. The zero-order chi connectivity index (χ0) is 20.2. The first-order valence-corrected chi connectivity index (χ1v) is 9.60. The number of nitrogens with zero attached hydrogens (tertiary/aromatic N) is 3. The van der Waals surface area contributed by atoms with Crippen molar-refractivity contribution in [3.8, 4) is 11.5 Å². The average molecular weight is 394 g/mol. The molecule has 1 N–H and O–H groups in total. The van der Waals surface area contributed by atoms with Crippen LogP contribution in [0.3, 0.4) is 0 Å². The molecule has 0 bridgehead atoms. The van der Waals surface area contributed by atoms with Crippen molar-refractivity contribution in [2.45, 2.75) is 25.7 Å². The fraction of sp³-hybridized carbons (Fsp3) is 0.333. The van der Waals surface area contributed by atoms with Crippen molar-refractivity contribution < 1.29 is 18.5 Å². The summed E-state index contributed by atoms with van der Waals surface area (Å²) < 4.78 is 10.4. The highest BCUT2D eigenvalue weighted by atomic mass is 16.5. The SMILES string of the molecule is Cc1ccc(-c2nc(C3CCN(C(=O)CNC(=O)c4ccco4)CC3)no2)cc1. The molecule has 1 aliphatic heterocycles. The maximum atomic E-state index is 12.4. The van der Waals surface area contributed by atoms with Crippen LogP contribution in [0.1, 0.15) is 40.7 Å². The predicted octanol–water partition coefficient (Wildman–Crippen LogP) is 2.77. The smallest absolute Gasteiger partial charge is 0.287 e. The number of carbonyl (C=O) groups excluding carboxylic acids is 2. The monoisotopic (exact) mass is 394 g/mol. The van der Waals surface area contributed by atoms with E-state index >= 15 is 0 Å². The predicted molar refractivity (Wildman–Crippen MR) is 104 cm³/mol. The quantitative estimate of drug-likeness (QED) is 0.714. The van der Waals surface area contributed by atoms with Crippen LogP contribution >= 0.6 is 0 Å². The molecule has 0 unspecified atom stereocenters. The molecule has 2 amide bonds.